The van der Waals surface area contributed by atoms with E-state index in [-0.39, 0.29) is 36.8 Å². The zero-order chi connectivity index (χ0) is 11.4. The lowest BCUT2D eigenvalue weighted by atomic mass is 9.73. The van der Waals surface area contributed by atoms with Crippen molar-refractivity contribution < 1.29 is 23.9 Å². The molecule has 5 nitrogen and oxygen atoms in total. The van der Waals surface area contributed by atoms with Crippen molar-refractivity contribution in [3.05, 3.63) is 0 Å². The molecule has 0 aliphatic heterocycles. The Morgan fingerprint density at radius 2 is 1.73 bits per heavy atom. The number of hydrogen-bond acceptors (Lipinski definition) is 5. The lowest BCUT2D eigenvalue weighted by Crippen LogP contribution is -2.43. The first-order valence-electron chi connectivity index (χ1n) is 4.80. The highest BCUT2D eigenvalue weighted by Crippen LogP contribution is 2.31. The van der Waals surface area contributed by atoms with Gasteiger partial charge in [-0.25, -0.2) is 0 Å². The Hall–Kier alpha value is -1.39. The van der Waals surface area contributed by atoms with Gasteiger partial charge >= 0.3 is 11.9 Å². The quantitative estimate of drug-likeness (QED) is 0.630. The van der Waals surface area contributed by atoms with Crippen LogP contribution in [0.4, 0.5) is 0 Å². The number of carbonyl (C=O) groups is 3. The number of ether oxygens (including phenoxy) is 2. The van der Waals surface area contributed by atoms with Crippen LogP contribution in [0.25, 0.3) is 0 Å². The summed E-state index contributed by atoms with van der Waals surface area (Å²) in [6.45, 7) is 2.94. The van der Waals surface area contributed by atoms with Crippen molar-refractivity contribution in [1.29, 1.82) is 0 Å². The molecule has 1 rings (SSSR count). The first-order valence-corrected chi connectivity index (χ1v) is 4.80. The molecule has 0 aromatic rings. The molecule has 0 aromatic carbocycles. The van der Waals surface area contributed by atoms with Crippen molar-refractivity contribution in [2.45, 2.75) is 20.3 Å². The fourth-order valence-corrected chi connectivity index (χ4v) is 1.49. The summed E-state index contributed by atoms with van der Waals surface area (Å²) >= 11 is 0. The zero-order valence-corrected chi connectivity index (χ0v) is 8.82. The minimum absolute atomic E-state index is 0.000694. The highest BCUT2D eigenvalue weighted by molar-refractivity contribution is 5.87. The van der Waals surface area contributed by atoms with Crippen LogP contribution in [0, 0.1) is 11.8 Å². The second-order valence-electron chi connectivity index (χ2n) is 3.64. The van der Waals surface area contributed by atoms with Gasteiger partial charge in [0.1, 0.15) is 12.4 Å². The lowest BCUT2D eigenvalue weighted by molar-refractivity contribution is -0.156. The molecule has 5 heteroatoms. The SMILES string of the molecule is CC(=O)OCC1CC(=O)C1COC(C)=O. The van der Waals surface area contributed by atoms with Gasteiger partial charge in [-0.2, -0.15) is 0 Å². The summed E-state index contributed by atoms with van der Waals surface area (Å²) in [5.41, 5.74) is 0. The van der Waals surface area contributed by atoms with Gasteiger partial charge < -0.3 is 9.47 Å². The Balaban J connectivity index is 2.31. The molecule has 0 bridgehead atoms. The molecule has 2 unspecified atom stereocenters. The van der Waals surface area contributed by atoms with E-state index in [9.17, 15) is 14.4 Å². The van der Waals surface area contributed by atoms with Gasteiger partial charge in [0.25, 0.3) is 0 Å². The minimum atomic E-state index is -0.402. The number of Topliss-reactive ketones (excluding diaryl/α,β-unsaturated/α-hetero) is 1. The summed E-state index contributed by atoms with van der Waals surface area (Å²) < 4.78 is 9.55. The molecule has 2 atom stereocenters. The van der Waals surface area contributed by atoms with Gasteiger partial charge in [0.2, 0.25) is 0 Å². The van der Waals surface area contributed by atoms with Gasteiger partial charge in [0.15, 0.2) is 0 Å². The van der Waals surface area contributed by atoms with E-state index in [0.717, 1.165) is 0 Å². The molecule has 1 saturated carbocycles. The monoisotopic (exact) mass is 214 g/mol. The summed E-state index contributed by atoms with van der Waals surface area (Å²) in [7, 11) is 0. The van der Waals surface area contributed by atoms with Crippen LogP contribution >= 0.6 is 0 Å². The number of carbonyl (C=O) groups excluding carboxylic acids is 3. The van der Waals surface area contributed by atoms with Crippen LogP contribution in [0.1, 0.15) is 20.3 Å². The number of hydrogen-bond donors (Lipinski definition) is 0. The maximum absolute atomic E-state index is 11.2. The molecule has 1 fully saturated rings. The van der Waals surface area contributed by atoms with E-state index in [1.165, 1.54) is 13.8 Å². The van der Waals surface area contributed by atoms with E-state index in [4.69, 9.17) is 9.47 Å². The predicted octanol–water partition coefficient (Wildman–Crippen LogP) is 0.318. The standard InChI is InChI=1S/C10H14O5/c1-6(11)14-4-8-3-10(13)9(8)5-15-7(2)12/h8-9H,3-5H2,1-2H3. The van der Waals surface area contributed by atoms with Crippen molar-refractivity contribution in [2.75, 3.05) is 13.2 Å². The largest absolute Gasteiger partial charge is 0.466 e. The third-order valence-electron chi connectivity index (χ3n) is 2.41. The average molecular weight is 214 g/mol. The molecule has 0 amide bonds. The number of esters is 2. The Kier molecular flexibility index (Phi) is 3.82. The smallest absolute Gasteiger partial charge is 0.302 e. The lowest BCUT2D eigenvalue weighted by Gasteiger charge is -2.33. The molecule has 0 radical (unpaired) electrons. The third kappa shape index (κ3) is 3.34. The van der Waals surface area contributed by atoms with Crippen molar-refractivity contribution in [3.8, 4) is 0 Å². The Bertz CT molecular complexity index is 284. The van der Waals surface area contributed by atoms with Crippen LogP contribution in [0.5, 0.6) is 0 Å². The van der Waals surface area contributed by atoms with E-state index in [2.05, 4.69) is 0 Å². The number of ketones is 1. The van der Waals surface area contributed by atoms with Gasteiger partial charge in [-0.05, 0) is 0 Å². The normalized spacial score (nSPS) is 24.3. The van der Waals surface area contributed by atoms with Crippen LogP contribution in [-0.4, -0.2) is 30.9 Å². The second-order valence-corrected chi connectivity index (χ2v) is 3.64. The molecule has 0 spiro atoms. The Morgan fingerprint density at radius 1 is 1.20 bits per heavy atom. The Morgan fingerprint density at radius 3 is 2.20 bits per heavy atom. The summed E-state index contributed by atoms with van der Waals surface area (Å²) in [5, 5.41) is 0. The van der Waals surface area contributed by atoms with Gasteiger partial charge in [-0.3, -0.25) is 14.4 Å². The molecule has 1 aliphatic rings. The van der Waals surface area contributed by atoms with Gasteiger partial charge in [-0.15, -0.1) is 0 Å². The molecular weight excluding hydrogens is 200 g/mol. The van der Waals surface area contributed by atoms with E-state index in [1.54, 1.807) is 0 Å². The summed E-state index contributed by atoms with van der Waals surface area (Å²) in [5.74, 6) is -0.996. The average Bonchev–Trinajstić information content (AvgIpc) is 2.11. The van der Waals surface area contributed by atoms with Crippen LogP contribution in [0.3, 0.4) is 0 Å². The fourth-order valence-electron chi connectivity index (χ4n) is 1.49. The van der Waals surface area contributed by atoms with E-state index in [0.29, 0.717) is 6.42 Å². The Labute approximate surface area is 87.7 Å². The van der Waals surface area contributed by atoms with Gasteiger partial charge in [-0.1, -0.05) is 0 Å². The van der Waals surface area contributed by atoms with E-state index < -0.39 is 5.97 Å². The predicted molar refractivity (Wildman–Crippen MR) is 49.9 cm³/mol. The molecule has 15 heavy (non-hydrogen) atoms. The topological polar surface area (TPSA) is 69.7 Å². The fraction of sp³-hybridized carbons (Fsp3) is 0.700. The maximum atomic E-state index is 11.2. The molecule has 84 valence electrons. The number of rotatable bonds is 4. The van der Waals surface area contributed by atoms with Crippen LogP contribution in [0.15, 0.2) is 0 Å². The van der Waals surface area contributed by atoms with Gasteiger partial charge in [0.05, 0.1) is 12.5 Å². The third-order valence-corrected chi connectivity index (χ3v) is 2.41. The van der Waals surface area contributed by atoms with E-state index in [1.807, 2.05) is 0 Å². The van der Waals surface area contributed by atoms with Crippen LogP contribution in [-0.2, 0) is 23.9 Å². The maximum Gasteiger partial charge on any atom is 0.302 e. The highest BCUT2D eigenvalue weighted by atomic mass is 16.5. The minimum Gasteiger partial charge on any atom is -0.466 e. The molecular formula is C10H14O5. The summed E-state index contributed by atoms with van der Waals surface area (Å²) in [6, 6.07) is 0. The summed E-state index contributed by atoms with van der Waals surface area (Å²) in [6.07, 6.45) is 0.402. The van der Waals surface area contributed by atoms with E-state index >= 15 is 0 Å². The molecule has 0 N–H and O–H groups in total. The first-order chi connectivity index (χ1) is 7.00. The van der Waals surface area contributed by atoms with Crippen LogP contribution in [0.2, 0.25) is 0 Å². The van der Waals surface area contributed by atoms with Crippen molar-refractivity contribution in [3.63, 3.8) is 0 Å². The molecule has 1 aliphatic carbocycles. The van der Waals surface area contributed by atoms with Crippen molar-refractivity contribution in [1.82, 2.24) is 0 Å². The zero-order valence-electron chi connectivity index (χ0n) is 8.82. The van der Waals surface area contributed by atoms with Crippen LogP contribution < -0.4 is 0 Å². The highest BCUT2D eigenvalue weighted by Gasteiger charge is 2.40. The van der Waals surface area contributed by atoms with Crippen molar-refractivity contribution in [2.24, 2.45) is 11.8 Å². The first kappa shape index (κ1) is 11.7. The molecule has 0 heterocycles. The van der Waals surface area contributed by atoms with Crippen molar-refractivity contribution >= 4 is 17.7 Å². The van der Waals surface area contributed by atoms with Gasteiger partial charge in [0, 0.05) is 26.2 Å². The molecule has 0 aromatic heterocycles. The molecule has 0 saturated heterocycles. The second kappa shape index (κ2) is 4.91. The summed E-state index contributed by atoms with van der Waals surface area (Å²) in [4.78, 5) is 32.3.